The molecule has 1 aliphatic carbocycles. The van der Waals surface area contributed by atoms with Gasteiger partial charge in [-0.25, -0.2) is 9.89 Å². The number of nitrogens with zero attached hydrogens (tertiary/aromatic N) is 2. The number of rotatable bonds is 6. The molecule has 1 heterocycles. The summed E-state index contributed by atoms with van der Waals surface area (Å²) in [7, 11) is 1.64. The number of hydrogen-bond donors (Lipinski definition) is 2. The molecule has 21 heavy (non-hydrogen) atoms. The van der Waals surface area contributed by atoms with Gasteiger partial charge in [-0.15, -0.1) is 5.10 Å². The Bertz CT molecular complexity index is 660. The van der Waals surface area contributed by atoms with Crippen LogP contribution in [0.4, 0.5) is 0 Å². The number of ether oxygens (including phenoxy) is 1. The minimum absolute atomic E-state index is 0.111. The molecule has 3 rings (SSSR count). The molecule has 7 heteroatoms. The third-order valence-electron chi connectivity index (χ3n) is 3.52. The predicted molar refractivity (Wildman–Crippen MR) is 81.8 cm³/mol. The number of nitrogens with one attached hydrogen (secondary N) is 1. The molecule has 0 aliphatic heterocycles. The molecule has 3 N–H and O–H groups in total. The van der Waals surface area contributed by atoms with Gasteiger partial charge in [0.25, 0.3) is 0 Å². The molecule has 1 aromatic heterocycles. The van der Waals surface area contributed by atoms with Crippen LogP contribution in [0, 0.1) is 0 Å². The highest BCUT2D eigenvalue weighted by molar-refractivity contribution is 7.99. The van der Waals surface area contributed by atoms with E-state index in [0.717, 1.165) is 29.3 Å². The molecule has 0 spiro atoms. The fourth-order valence-corrected chi connectivity index (χ4v) is 3.16. The van der Waals surface area contributed by atoms with Gasteiger partial charge in [-0.3, -0.25) is 4.57 Å². The summed E-state index contributed by atoms with van der Waals surface area (Å²) in [5.74, 6) is 1.48. The standard InChI is InChI=1S/C14H18N4O2S/c1-20-11-6-2-9(3-7-11)12(15)8-21-14-17-16-13(19)18(14)10-4-5-10/h2-3,6-7,10,12H,4-5,8,15H2,1H3,(H,16,19). The van der Waals surface area contributed by atoms with Gasteiger partial charge in [-0.1, -0.05) is 23.9 Å². The van der Waals surface area contributed by atoms with Crippen molar-refractivity contribution >= 4 is 11.8 Å². The van der Waals surface area contributed by atoms with Crippen LogP contribution in [0.5, 0.6) is 5.75 Å². The largest absolute Gasteiger partial charge is 0.497 e. The van der Waals surface area contributed by atoms with Gasteiger partial charge in [0.2, 0.25) is 0 Å². The summed E-state index contributed by atoms with van der Waals surface area (Å²) in [5.41, 5.74) is 7.11. The van der Waals surface area contributed by atoms with E-state index in [9.17, 15) is 4.79 Å². The molecular formula is C14H18N4O2S. The fraction of sp³-hybridized carbons (Fsp3) is 0.429. The molecule has 6 nitrogen and oxygen atoms in total. The van der Waals surface area contributed by atoms with Gasteiger partial charge >= 0.3 is 5.69 Å². The van der Waals surface area contributed by atoms with Gasteiger partial charge in [0.1, 0.15) is 5.75 Å². The monoisotopic (exact) mass is 306 g/mol. The topological polar surface area (TPSA) is 85.9 Å². The van der Waals surface area contributed by atoms with E-state index in [4.69, 9.17) is 10.5 Å². The van der Waals surface area contributed by atoms with Crippen LogP contribution in [0.15, 0.2) is 34.2 Å². The smallest absolute Gasteiger partial charge is 0.344 e. The maximum Gasteiger partial charge on any atom is 0.344 e. The number of aromatic amines is 1. The van der Waals surface area contributed by atoms with Crippen molar-refractivity contribution in [2.45, 2.75) is 30.1 Å². The van der Waals surface area contributed by atoms with E-state index < -0.39 is 0 Å². The lowest BCUT2D eigenvalue weighted by molar-refractivity contribution is 0.414. The number of aromatic nitrogens is 3. The van der Waals surface area contributed by atoms with E-state index in [1.165, 1.54) is 11.8 Å². The Morgan fingerprint density at radius 1 is 1.48 bits per heavy atom. The summed E-state index contributed by atoms with van der Waals surface area (Å²) in [4.78, 5) is 11.7. The van der Waals surface area contributed by atoms with Crippen LogP contribution in [0.2, 0.25) is 0 Å². The Kier molecular flexibility index (Phi) is 4.03. The first-order valence-corrected chi connectivity index (χ1v) is 7.87. The van der Waals surface area contributed by atoms with Crippen LogP contribution in [0.25, 0.3) is 0 Å². The molecule has 1 aliphatic rings. The van der Waals surface area contributed by atoms with E-state index in [1.54, 1.807) is 11.7 Å². The average Bonchev–Trinajstić information content (AvgIpc) is 3.28. The third kappa shape index (κ3) is 3.14. The summed E-state index contributed by atoms with van der Waals surface area (Å²) in [6.45, 7) is 0. The second-order valence-electron chi connectivity index (χ2n) is 5.10. The van der Waals surface area contributed by atoms with Crippen molar-refractivity contribution in [3.05, 3.63) is 40.3 Å². The zero-order chi connectivity index (χ0) is 14.8. The molecule has 1 aromatic carbocycles. The Balaban J connectivity index is 1.65. The Morgan fingerprint density at radius 2 is 2.19 bits per heavy atom. The Labute approximate surface area is 126 Å². The first kappa shape index (κ1) is 14.2. The molecule has 0 saturated heterocycles. The van der Waals surface area contributed by atoms with Crippen LogP contribution < -0.4 is 16.2 Å². The highest BCUT2D eigenvalue weighted by Gasteiger charge is 2.28. The quantitative estimate of drug-likeness (QED) is 0.793. The van der Waals surface area contributed by atoms with Crippen molar-refractivity contribution in [2.24, 2.45) is 5.73 Å². The number of hydrogen-bond acceptors (Lipinski definition) is 5. The number of benzene rings is 1. The lowest BCUT2D eigenvalue weighted by Crippen LogP contribution is -2.17. The van der Waals surface area contributed by atoms with Crippen LogP contribution in [0.1, 0.15) is 30.5 Å². The molecule has 1 atom stereocenters. The summed E-state index contributed by atoms with van der Waals surface area (Å²) in [6, 6.07) is 7.92. The molecule has 1 saturated carbocycles. The number of nitrogens with two attached hydrogens (primary N) is 1. The van der Waals surface area contributed by atoms with Crippen molar-refractivity contribution in [3.8, 4) is 5.75 Å². The third-order valence-corrected chi connectivity index (χ3v) is 4.59. The van der Waals surface area contributed by atoms with Crippen LogP contribution in [-0.2, 0) is 0 Å². The summed E-state index contributed by atoms with van der Waals surface area (Å²) >= 11 is 1.51. The highest BCUT2D eigenvalue weighted by Crippen LogP contribution is 2.36. The molecule has 0 bridgehead atoms. The second kappa shape index (κ2) is 5.95. The van der Waals surface area contributed by atoms with Gasteiger partial charge in [-0.2, -0.15) is 0 Å². The maximum absolute atomic E-state index is 11.7. The second-order valence-corrected chi connectivity index (χ2v) is 6.09. The van der Waals surface area contributed by atoms with Gasteiger partial charge in [0.15, 0.2) is 5.16 Å². The molecular weight excluding hydrogens is 288 g/mol. The lowest BCUT2D eigenvalue weighted by Gasteiger charge is -2.12. The first-order valence-electron chi connectivity index (χ1n) is 6.88. The zero-order valence-electron chi connectivity index (χ0n) is 11.8. The van der Waals surface area contributed by atoms with Gasteiger partial charge in [0.05, 0.1) is 7.11 Å². The SMILES string of the molecule is COc1ccc(C(N)CSc2n[nH]c(=O)n2C2CC2)cc1. The zero-order valence-corrected chi connectivity index (χ0v) is 12.6. The molecule has 0 radical (unpaired) electrons. The minimum Gasteiger partial charge on any atom is -0.497 e. The summed E-state index contributed by atoms with van der Waals surface area (Å²) in [5, 5.41) is 7.33. The van der Waals surface area contributed by atoms with Gasteiger partial charge in [-0.05, 0) is 30.5 Å². The van der Waals surface area contributed by atoms with E-state index in [0.29, 0.717) is 11.8 Å². The minimum atomic E-state index is -0.127. The van der Waals surface area contributed by atoms with Crippen LogP contribution in [-0.4, -0.2) is 27.6 Å². The van der Waals surface area contributed by atoms with Crippen LogP contribution >= 0.6 is 11.8 Å². The van der Waals surface area contributed by atoms with Crippen molar-refractivity contribution in [2.75, 3.05) is 12.9 Å². The average molecular weight is 306 g/mol. The van der Waals surface area contributed by atoms with Crippen molar-refractivity contribution in [1.82, 2.24) is 14.8 Å². The van der Waals surface area contributed by atoms with E-state index in [2.05, 4.69) is 10.2 Å². The summed E-state index contributed by atoms with van der Waals surface area (Å²) in [6.07, 6.45) is 2.11. The van der Waals surface area contributed by atoms with Crippen molar-refractivity contribution < 1.29 is 4.74 Å². The lowest BCUT2D eigenvalue weighted by atomic mass is 10.1. The molecule has 0 amide bonds. The highest BCUT2D eigenvalue weighted by atomic mass is 32.2. The Hall–Kier alpha value is -1.73. The number of H-pyrrole nitrogens is 1. The number of thioether (sulfide) groups is 1. The Morgan fingerprint density at radius 3 is 2.81 bits per heavy atom. The summed E-state index contributed by atoms with van der Waals surface area (Å²) < 4.78 is 6.87. The molecule has 112 valence electrons. The first-order chi connectivity index (χ1) is 10.2. The number of methoxy groups -OCH3 is 1. The molecule has 1 unspecified atom stereocenters. The fourth-order valence-electron chi connectivity index (χ4n) is 2.16. The van der Waals surface area contributed by atoms with E-state index in [-0.39, 0.29) is 11.7 Å². The van der Waals surface area contributed by atoms with Crippen molar-refractivity contribution in [3.63, 3.8) is 0 Å². The molecule has 1 fully saturated rings. The predicted octanol–water partition coefficient (Wildman–Crippen LogP) is 1.71. The van der Waals surface area contributed by atoms with Crippen LogP contribution in [0.3, 0.4) is 0 Å². The van der Waals surface area contributed by atoms with Crippen molar-refractivity contribution in [1.29, 1.82) is 0 Å². The van der Waals surface area contributed by atoms with E-state index >= 15 is 0 Å². The normalized spacial score (nSPS) is 15.9. The van der Waals surface area contributed by atoms with Gasteiger partial charge in [0, 0.05) is 17.8 Å². The van der Waals surface area contributed by atoms with Gasteiger partial charge < -0.3 is 10.5 Å². The molecule has 2 aromatic rings. The maximum atomic E-state index is 11.7. The van der Waals surface area contributed by atoms with E-state index in [1.807, 2.05) is 24.3 Å².